The summed E-state index contributed by atoms with van der Waals surface area (Å²) in [5.41, 5.74) is 7.30. The van der Waals surface area contributed by atoms with Crippen LogP contribution in [-0.2, 0) is 9.53 Å². The van der Waals surface area contributed by atoms with Gasteiger partial charge >= 0.3 is 0 Å². The lowest BCUT2D eigenvalue weighted by Gasteiger charge is -2.54. The van der Waals surface area contributed by atoms with E-state index in [9.17, 15) is 4.79 Å². The standard InChI is InChI=1S/C12H24N4.C5H10O2.C2H6/c1-9(2)5-16(14)6-11(13)10-3-12(4-10)7-15-8-12;1-5(2,3)7-4-6;1-2/h6,9-10,15H,3-5,7-8,13-14H2,1-2H3;4H,1-3H3;1-2H3/b11-6-;;. The fourth-order valence-corrected chi connectivity index (χ4v) is 2.90. The normalized spacial score (nSPS) is 18.8. The summed E-state index contributed by atoms with van der Waals surface area (Å²) in [6.07, 6.45) is 4.39. The number of hydrazine groups is 1. The Bertz CT molecular complexity index is 404. The highest BCUT2D eigenvalue weighted by molar-refractivity contribution is 5.37. The Hall–Kier alpha value is -1.27. The summed E-state index contributed by atoms with van der Waals surface area (Å²) in [4.78, 5) is 9.60. The summed E-state index contributed by atoms with van der Waals surface area (Å²) in [6, 6.07) is 0. The molecule has 0 radical (unpaired) electrons. The van der Waals surface area contributed by atoms with E-state index in [4.69, 9.17) is 11.6 Å². The van der Waals surface area contributed by atoms with Crippen LogP contribution < -0.4 is 16.9 Å². The molecular weight excluding hydrogens is 316 g/mol. The number of nitrogens with one attached hydrogen (secondary N) is 1. The van der Waals surface area contributed by atoms with Crippen LogP contribution in [0.1, 0.15) is 61.3 Å². The van der Waals surface area contributed by atoms with Crippen LogP contribution >= 0.6 is 0 Å². The molecule has 1 heterocycles. The number of hydrogen-bond acceptors (Lipinski definition) is 6. The molecule has 2 aliphatic rings. The quantitative estimate of drug-likeness (QED) is 0.398. The van der Waals surface area contributed by atoms with Crippen molar-refractivity contribution >= 4 is 6.47 Å². The van der Waals surface area contributed by atoms with Crippen LogP contribution in [0, 0.1) is 17.3 Å². The van der Waals surface area contributed by atoms with Gasteiger partial charge in [-0.15, -0.1) is 0 Å². The summed E-state index contributed by atoms with van der Waals surface area (Å²) in [5, 5.41) is 5.06. The number of nitrogens with two attached hydrogens (primary N) is 2. The van der Waals surface area contributed by atoms with Crippen molar-refractivity contribution in [3.63, 3.8) is 0 Å². The highest BCUT2D eigenvalue weighted by Crippen LogP contribution is 2.50. The van der Waals surface area contributed by atoms with Crippen LogP contribution in [0.25, 0.3) is 0 Å². The molecule has 1 aliphatic heterocycles. The maximum absolute atomic E-state index is 9.60. The zero-order valence-corrected chi connectivity index (χ0v) is 17.3. The minimum absolute atomic E-state index is 0.318. The van der Waals surface area contributed by atoms with Crippen molar-refractivity contribution in [1.82, 2.24) is 10.3 Å². The van der Waals surface area contributed by atoms with Gasteiger partial charge in [0.25, 0.3) is 6.47 Å². The zero-order chi connectivity index (χ0) is 19.7. The maximum atomic E-state index is 9.60. The van der Waals surface area contributed by atoms with E-state index in [1.165, 1.54) is 25.9 Å². The molecule has 0 aromatic carbocycles. The monoisotopic (exact) mass is 356 g/mol. The molecule has 6 heteroatoms. The van der Waals surface area contributed by atoms with Crippen molar-refractivity contribution in [3.8, 4) is 0 Å². The van der Waals surface area contributed by atoms with Gasteiger partial charge in [-0.3, -0.25) is 4.79 Å². The first kappa shape index (κ1) is 23.7. The molecule has 2 fully saturated rings. The van der Waals surface area contributed by atoms with Crippen LogP contribution in [0.4, 0.5) is 0 Å². The number of nitrogens with zero attached hydrogens (tertiary/aromatic N) is 1. The molecule has 1 saturated heterocycles. The third-order valence-corrected chi connectivity index (χ3v) is 4.12. The summed E-state index contributed by atoms with van der Waals surface area (Å²) in [7, 11) is 0. The minimum atomic E-state index is -0.318. The van der Waals surface area contributed by atoms with E-state index in [1.54, 1.807) is 5.01 Å². The lowest BCUT2D eigenvalue weighted by Crippen LogP contribution is -2.60. The SMILES string of the molecule is CC.CC(C)(C)OC=O.CC(C)CN(N)/C=C(\N)C1CC2(CNC2)C1. The largest absolute Gasteiger partial charge is 0.462 e. The van der Waals surface area contributed by atoms with Crippen LogP contribution in [0.15, 0.2) is 11.9 Å². The van der Waals surface area contributed by atoms with Crippen LogP contribution in [0.3, 0.4) is 0 Å². The molecule has 1 spiro atoms. The average molecular weight is 357 g/mol. The number of allylic oxidation sites excluding steroid dienone is 1. The first-order valence-electron chi connectivity index (χ1n) is 9.37. The fraction of sp³-hybridized carbons (Fsp3) is 0.842. The predicted octanol–water partition coefficient (Wildman–Crippen LogP) is 2.60. The van der Waals surface area contributed by atoms with Gasteiger partial charge in [0.2, 0.25) is 0 Å². The second-order valence-corrected chi connectivity index (χ2v) is 8.25. The Kier molecular flexibility index (Phi) is 10.1. The Morgan fingerprint density at radius 1 is 1.32 bits per heavy atom. The Morgan fingerprint density at radius 3 is 2.12 bits per heavy atom. The molecule has 25 heavy (non-hydrogen) atoms. The summed E-state index contributed by atoms with van der Waals surface area (Å²) in [6.45, 7) is 17.4. The number of hydrogen-bond donors (Lipinski definition) is 3. The highest BCUT2D eigenvalue weighted by atomic mass is 16.5. The molecule has 5 N–H and O–H groups in total. The van der Waals surface area contributed by atoms with Crippen molar-refractivity contribution in [2.24, 2.45) is 28.8 Å². The second kappa shape index (κ2) is 10.7. The Labute approximate surface area is 154 Å². The van der Waals surface area contributed by atoms with E-state index in [-0.39, 0.29) is 5.60 Å². The van der Waals surface area contributed by atoms with Crippen LogP contribution in [-0.4, -0.2) is 36.7 Å². The highest BCUT2D eigenvalue weighted by Gasteiger charge is 2.49. The Morgan fingerprint density at radius 2 is 1.84 bits per heavy atom. The van der Waals surface area contributed by atoms with E-state index >= 15 is 0 Å². The number of ether oxygens (including phenoxy) is 1. The summed E-state index contributed by atoms with van der Waals surface area (Å²) < 4.78 is 4.55. The van der Waals surface area contributed by atoms with Gasteiger partial charge in [-0.05, 0) is 44.9 Å². The van der Waals surface area contributed by atoms with Crippen LogP contribution in [0.5, 0.6) is 0 Å². The third-order valence-electron chi connectivity index (χ3n) is 4.12. The van der Waals surface area contributed by atoms with E-state index in [0.717, 1.165) is 12.2 Å². The van der Waals surface area contributed by atoms with Gasteiger partial charge < -0.3 is 20.8 Å². The van der Waals surface area contributed by atoms with Crippen LogP contribution in [0.2, 0.25) is 0 Å². The van der Waals surface area contributed by atoms with Gasteiger partial charge in [0, 0.05) is 37.4 Å². The summed E-state index contributed by atoms with van der Waals surface area (Å²) in [5.74, 6) is 6.99. The molecule has 0 amide bonds. The predicted molar refractivity (Wildman–Crippen MR) is 104 cm³/mol. The topological polar surface area (TPSA) is 93.6 Å². The Balaban J connectivity index is 0.000000544. The van der Waals surface area contributed by atoms with Gasteiger partial charge in [-0.25, -0.2) is 5.84 Å². The smallest absolute Gasteiger partial charge is 0.293 e. The molecule has 0 aromatic rings. The van der Waals surface area contributed by atoms with Crippen molar-refractivity contribution < 1.29 is 9.53 Å². The van der Waals surface area contributed by atoms with Crippen molar-refractivity contribution in [1.29, 1.82) is 0 Å². The molecule has 1 aliphatic carbocycles. The van der Waals surface area contributed by atoms with Crippen molar-refractivity contribution in [2.75, 3.05) is 19.6 Å². The number of carbonyl (C=O) groups is 1. The molecule has 0 bridgehead atoms. The zero-order valence-electron chi connectivity index (χ0n) is 17.3. The van der Waals surface area contributed by atoms with E-state index in [2.05, 4.69) is 23.9 Å². The third kappa shape index (κ3) is 9.12. The lowest BCUT2D eigenvalue weighted by atomic mass is 9.58. The maximum Gasteiger partial charge on any atom is 0.293 e. The first-order chi connectivity index (χ1) is 11.6. The first-order valence-corrected chi connectivity index (χ1v) is 9.37. The second-order valence-electron chi connectivity index (χ2n) is 8.25. The molecular formula is C19H40N4O2. The van der Waals surface area contributed by atoms with E-state index in [0.29, 0.717) is 23.7 Å². The number of carbonyl (C=O) groups excluding carboxylic acids is 1. The van der Waals surface area contributed by atoms with E-state index < -0.39 is 0 Å². The lowest BCUT2D eigenvalue weighted by molar-refractivity contribution is -0.138. The van der Waals surface area contributed by atoms with Gasteiger partial charge in [0.1, 0.15) is 5.60 Å². The molecule has 1 saturated carbocycles. The fourth-order valence-electron chi connectivity index (χ4n) is 2.90. The molecule has 0 atom stereocenters. The van der Waals surface area contributed by atoms with Crippen molar-refractivity contribution in [2.45, 2.75) is 66.9 Å². The van der Waals surface area contributed by atoms with E-state index in [1.807, 2.05) is 40.8 Å². The molecule has 0 unspecified atom stereocenters. The van der Waals surface area contributed by atoms with Gasteiger partial charge in [-0.1, -0.05) is 27.7 Å². The van der Waals surface area contributed by atoms with Gasteiger partial charge in [0.15, 0.2) is 0 Å². The molecule has 2 rings (SSSR count). The number of rotatable bonds is 5. The summed E-state index contributed by atoms with van der Waals surface area (Å²) >= 11 is 0. The molecule has 148 valence electrons. The average Bonchev–Trinajstić information content (AvgIpc) is 2.35. The molecule has 0 aromatic heterocycles. The molecule has 6 nitrogen and oxygen atoms in total. The van der Waals surface area contributed by atoms with Gasteiger partial charge in [0.05, 0.1) is 0 Å². The minimum Gasteiger partial charge on any atom is -0.462 e. The van der Waals surface area contributed by atoms with Gasteiger partial charge in [-0.2, -0.15) is 0 Å². The van der Waals surface area contributed by atoms with Crippen molar-refractivity contribution in [3.05, 3.63) is 11.9 Å².